The van der Waals surface area contributed by atoms with E-state index in [0.29, 0.717) is 59.2 Å². The zero-order chi connectivity index (χ0) is 50.5. The van der Waals surface area contributed by atoms with Crippen LogP contribution in [0.1, 0.15) is 161 Å². The Kier molecular flexibility index (Phi) is 12.0. The van der Waals surface area contributed by atoms with Crippen LogP contribution in [0.5, 0.6) is 0 Å². The van der Waals surface area contributed by atoms with Crippen molar-refractivity contribution in [2.24, 2.45) is 118 Å². The minimum Gasteiger partial charge on any atom is -0.126 e. The topological polar surface area (TPSA) is 0 Å². The van der Waals surface area contributed by atoms with Gasteiger partial charge in [0.15, 0.2) is 0 Å². The summed E-state index contributed by atoms with van der Waals surface area (Å²) in [6, 6.07) is 0. The van der Waals surface area contributed by atoms with E-state index in [1.54, 1.807) is 27.9 Å². The van der Waals surface area contributed by atoms with Gasteiger partial charge in [0.1, 0.15) is 16.1 Å². The average molecular weight is 1020 g/mol. The largest absolute Gasteiger partial charge is 0.129 e. The third-order valence-electron chi connectivity index (χ3n) is 23.9. The summed E-state index contributed by atoms with van der Waals surface area (Å²) in [4.78, 5) is 0. The molecule has 0 amide bonds. The smallest absolute Gasteiger partial charge is 0.126 e. The molecule has 20 fully saturated rings. The van der Waals surface area contributed by atoms with Gasteiger partial charge in [-0.2, -0.15) is 0 Å². The Labute approximate surface area is 457 Å². The van der Waals surface area contributed by atoms with Crippen molar-refractivity contribution in [2.75, 3.05) is 0 Å². The standard InChI is InChI=1S/C73H88Si2/c1-74(2,3)17-15-57(72-65-36-50-22-51(38-65)39-66(72)37-50)13-11-55(70-61-28-46-20-47(30-61)31-62(70)29-46)9-7-54(69-59-24-44-19-45(26-59)27-60(69)25-44)8-10-56(71-63-32-48-21-49(34-63)35-64(71)33-48)12-14-58(16-18-75(4,5)6)73-67-40-52-23-53(42-67)43-68(73)41-52/h44-53,59-68H,19-43H2,1-6H3. The Morgan fingerprint density at radius 3 is 0.480 bits per heavy atom. The zero-order valence-corrected chi connectivity index (χ0v) is 49.2. The SMILES string of the molecule is C[Si](C)(C)C#CC(C#CC(C#CC(C#CC(C#CC(C#C[Si](C)(C)C)=C1C2CC3CC(C2)CC1C3)=C1C2CC3CC(C2)CC1C3)=C1C2CC3CC(C2)CC1C3)=C1C2CC3CC(C2)CC1C3)=C1C2CC3CC(C2)CC1C3. The normalized spacial score (nSPS) is 42.6. The molecule has 20 aliphatic rings. The molecule has 388 valence electrons. The van der Waals surface area contributed by atoms with Gasteiger partial charge in [-0.3, -0.25) is 0 Å². The first kappa shape index (κ1) is 48.6. The van der Waals surface area contributed by atoms with Crippen LogP contribution in [-0.2, 0) is 0 Å². The molecule has 0 saturated heterocycles. The predicted octanol–water partition coefficient (Wildman–Crippen LogP) is 16.5. The second-order valence-electron chi connectivity index (χ2n) is 31.7. The number of hydrogen-bond acceptors (Lipinski definition) is 0. The lowest BCUT2D eigenvalue weighted by molar-refractivity contribution is 0.0690. The maximum atomic E-state index is 4.13. The molecule has 0 atom stereocenters. The first-order valence-electron chi connectivity index (χ1n) is 32.0. The van der Waals surface area contributed by atoms with E-state index >= 15 is 0 Å². The lowest BCUT2D eigenvalue weighted by atomic mass is 9.53. The van der Waals surface area contributed by atoms with Crippen molar-refractivity contribution in [3.63, 3.8) is 0 Å². The third kappa shape index (κ3) is 9.31. The molecular formula is C73H88Si2. The molecule has 0 radical (unpaired) electrons. The van der Waals surface area contributed by atoms with Crippen molar-refractivity contribution in [1.82, 2.24) is 0 Å². The van der Waals surface area contributed by atoms with E-state index in [1.165, 1.54) is 188 Å². The second-order valence-corrected chi connectivity index (χ2v) is 41.2. The van der Waals surface area contributed by atoms with E-state index in [0.717, 1.165) is 59.2 Å². The van der Waals surface area contributed by atoms with Crippen LogP contribution in [0, 0.1) is 189 Å². The van der Waals surface area contributed by atoms with Gasteiger partial charge in [0, 0.05) is 0 Å². The van der Waals surface area contributed by atoms with Gasteiger partial charge in [-0.1, -0.05) is 98.5 Å². The van der Waals surface area contributed by atoms with Crippen LogP contribution in [0.15, 0.2) is 55.7 Å². The van der Waals surface area contributed by atoms with Crippen LogP contribution in [-0.4, -0.2) is 16.1 Å². The van der Waals surface area contributed by atoms with Crippen molar-refractivity contribution in [2.45, 2.75) is 200 Å². The van der Waals surface area contributed by atoms with Crippen molar-refractivity contribution in [1.29, 1.82) is 0 Å². The number of rotatable bonds is 0. The van der Waals surface area contributed by atoms with Gasteiger partial charge in [0.2, 0.25) is 0 Å². The lowest BCUT2D eigenvalue weighted by Crippen LogP contribution is -2.41. The highest BCUT2D eigenvalue weighted by atomic mass is 28.3. The van der Waals surface area contributed by atoms with E-state index in [-0.39, 0.29) is 0 Å². The minimum absolute atomic E-state index is 0.641. The molecular weight excluding hydrogens is 933 g/mol. The van der Waals surface area contributed by atoms with Crippen LogP contribution in [0.4, 0.5) is 0 Å². The molecule has 0 spiro atoms. The summed E-state index contributed by atoms with van der Waals surface area (Å²) in [5.74, 6) is 56.3. The number of hydrogen-bond donors (Lipinski definition) is 0. The van der Waals surface area contributed by atoms with E-state index in [9.17, 15) is 0 Å². The summed E-state index contributed by atoms with van der Waals surface area (Å²) in [5, 5.41) is 0. The molecule has 75 heavy (non-hydrogen) atoms. The van der Waals surface area contributed by atoms with Gasteiger partial charge in [0.25, 0.3) is 0 Å². The Bertz CT molecular complexity index is 2690. The fraction of sp³-hybridized carbons (Fsp3) is 0.699. The van der Waals surface area contributed by atoms with E-state index < -0.39 is 16.1 Å². The zero-order valence-electron chi connectivity index (χ0n) is 47.2. The molecule has 2 heteroatoms. The fourth-order valence-corrected chi connectivity index (χ4v) is 23.4. The van der Waals surface area contributed by atoms with Crippen LogP contribution >= 0.6 is 0 Å². The maximum absolute atomic E-state index is 4.13. The first-order valence-corrected chi connectivity index (χ1v) is 39.0. The van der Waals surface area contributed by atoms with Gasteiger partial charge in [-0.05, 0) is 307 Å². The summed E-state index contributed by atoms with van der Waals surface area (Å²) in [5.41, 5.74) is 22.1. The average Bonchev–Trinajstić information content (AvgIpc) is 3.32. The quantitative estimate of drug-likeness (QED) is 0.168. The van der Waals surface area contributed by atoms with E-state index in [1.807, 2.05) is 0 Å². The highest BCUT2D eigenvalue weighted by Gasteiger charge is 2.51. The van der Waals surface area contributed by atoms with Gasteiger partial charge in [-0.15, -0.1) is 11.1 Å². The van der Waals surface area contributed by atoms with Crippen LogP contribution in [0.3, 0.4) is 0 Å². The van der Waals surface area contributed by atoms with Crippen molar-refractivity contribution in [3.8, 4) is 70.3 Å². The molecule has 0 aromatic carbocycles. The highest BCUT2D eigenvalue weighted by Crippen LogP contribution is 2.62. The van der Waals surface area contributed by atoms with Crippen LogP contribution in [0.25, 0.3) is 0 Å². The van der Waals surface area contributed by atoms with Gasteiger partial charge < -0.3 is 0 Å². The van der Waals surface area contributed by atoms with Crippen molar-refractivity contribution < 1.29 is 0 Å². The van der Waals surface area contributed by atoms with Gasteiger partial charge in [-0.25, -0.2) is 0 Å². The van der Waals surface area contributed by atoms with E-state index in [4.69, 9.17) is 0 Å². The summed E-state index contributed by atoms with van der Waals surface area (Å²) < 4.78 is 0. The Balaban J connectivity index is 0.892. The Morgan fingerprint density at radius 1 is 0.213 bits per heavy atom. The Morgan fingerprint density at radius 2 is 0.347 bits per heavy atom. The predicted molar refractivity (Wildman–Crippen MR) is 314 cm³/mol. The number of allylic oxidation sites excluding steroid dienone is 10. The molecule has 0 aromatic rings. The molecule has 0 heterocycles. The summed E-state index contributed by atoms with van der Waals surface area (Å²) in [6.07, 6.45) is 34.6. The van der Waals surface area contributed by atoms with Gasteiger partial charge in [0.05, 0.1) is 27.9 Å². The summed E-state index contributed by atoms with van der Waals surface area (Å²) >= 11 is 0. The van der Waals surface area contributed by atoms with Crippen LogP contribution < -0.4 is 0 Å². The fourth-order valence-electron chi connectivity index (χ4n) is 22.4. The van der Waals surface area contributed by atoms with Crippen molar-refractivity contribution >= 4 is 16.1 Å². The highest BCUT2D eigenvalue weighted by molar-refractivity contribution is 6.84. The first-order chi connectivity index (χ1) is 36.2. The molecule has 0 nitrogen and oxygen atoms in total. The molecule has 0 aliphatic heterocycles. The molecule has 0 N–H and O–H groups in total. The molecule has 20 aliphatic carbocycles. The van der Waals surface area contributed by atoms with Gasteiger partial charge >= 0.3 is 0 Å². The molecule has 20 bridgehead atoms. The summed E-state index contributed by atoms with van der Waals surface area (Å²) in [6.45, 7) is 14.5. The third-order valence-corrected chi connectivity index (χ3v) is 25.7. The van der Waals surface area contributed by atoms with Crippen molar-refractivity contribution in [3.05, 3.63) is 55.7 Å². The Hall–Kier alpha value is -3.51. The molecule has 0 aromatic heterocycles. The molecule has 0 unspecified atom stereocenters. The maximum Gasteiger partial charge on any atom is 0.129 e. The van der Waals surface area contributed by atoms with Crippen LogP contribution in [0.2, 0.25) is 39.3 Å². The lowest BCUT2D eigenvalue weighted by Gasteiger charge is -2.52. The second kappa shape index (κ2) is 18.5. The monoisotopic (exact) mass is 1020 g/mol. The minimum atomic E-state index is -1.62. The molecule has 20 rings (SSSR count). The molecule has 20 saturated carbocycles. The summed E-state index contributed by atoms with van der Waals surface area (Å²) in [7, 11) is -3.25. The van der Waals surface area contributed by atoms with E-state index in [2.05, 4.69) is 110 Å².